The molecule has 2 amide bonds. The number of rotatable bonds is 4. The van der Waals surface area contributed by atoms with Gasteiger partial charge < -0.3 is 9.80 Å². The van der Waals surface area contributed by atoms with Gasteiger partial charge in [-0.15, -0.1) is 0 Å². The molecule has 1 aromatic carbocycles. The maximum atomic E-state index is 13.7. The number of alkyl halides is 3. The Morgan fingerprint density at radius 2 is 1.68 bits per heavy atom. The summed E-state index contributed by atoms with van der Waals surface area (Å²) < 4.78 is 40.6. The lowest BCUT2D eigenvalue weighted by Gasteiger charge is -2.46. The van der Waals surface area contributed by atoms with Crippen LogP contribution < -0.4 is 0 Å². The molecule has 0 radical (unpaired) electrons. The molecule has 3 aromatic heterocycles. The number of carbonyl (C=O) groups excluding carboxylic acids is 2. The molecule has 1 saturated heterocycles. The van der Waals surface area contributed by atoms with Gasteiger partial charge in [0.05, 0.1) is 23.0 Å². The van der Waals surface area contributed by atoms with E-state index in [1.807, 2.05) is 27.7 Å². The second kappa shape index (κ2) is 10.00. The van der Waals surface area contributed by atoms with Crippen LogP contribution in [0.3, 0.4) is 0 Å². The van der Waals surface area contributed by atoms with Crippen LogP contribution in [-0.4, -0.2) is 71.4 Å². The van der Waals surface area contributed by atoms with E-state index in [-0.39, 0.29) is 35.8 Å². The molecule has 0 unspecified atom stereocenters. The van der Waals surface area contributed by atoms with Gasteiger partial charge in [-0.3, -0.25) is 9.59 Å². The number of aromatic nitrogens is 5. The highest BCUT2D eigenvalue weighted by atomic mass is 19.4. The Morgan fingerprint density at radius 3 is 2.27 bits per heavy atom. The van der Waals surface area contributed by atoms with Crippen molar-refractivity contribution in [2.75, 3.05) is 19.6 Å². The van der Waals surface area contributed by atoms with Gasteiger partial charge in [0.25, 0.3) is 11.8 Å². The smallest absolute Gasteiger partial charge is 0.332 e. The lowest BCUT2D eigenvalue weighted by molar-refractivity contribution is -0.137. The normalized spacial score (nSPS) is 15.6. The van der Waals surface area contributed by atoms with Gasteiger partial charge >= 0.3 is 6.18 Å². The summed E-state index contributed by atoms with van der Waals surface area (Å²) in [4.78, 5) is 42.6. The highest BCUT2D eigenvalue weighted by Crippen LogP contribution is 2.32. The minimum Gasteiger partial charge on any atom is -0.332 e. The highest BCUT2D eigenvalue weighted by Gasteiger charge is 2.40. The highest BCUT2D eigenvalue weighted by molar-refractivity contribution is 5.94. The van der Waals surface area contributed by atoms with E-state index in [0.29, 0.717) is 30.0 Å². The fourth-order valence-corrected chi connectivity index (χ4v) is 4.89. The van der Waals surface area contributed by atoms with Gasteiger partial charge in [-0.2, -0.15) is 18.3 Å². The molecule has 208 valence electrons. The van der Waals surface area contributed by atoms with Crippen LogP contribution in [0.4, 0.5) is 13.2 Å². The molecule has 0 atom stereocenters. The number of hydrogen-bond donors (Lipinski definition) is 0. The predicted octanol–water partition coefficient (Wildman–Crippen LogP) is 4.71. The van der Waals surface area contributed by atoms with Crippen LogP contribution in [0.15, 0.2) is 55.0 Å². The van der Waals surface area contributed by atoms with E-state index < -0.39 is 17.3 Å². The molecule has 0 saturated carbocycles. The molecule has 4 aromatic rings. The zero-order chi connectivity index (χ0) is 28.8. The molecule has 0 spiro atoms. The van der Waals surface area contributed by atoms with Crippen molar-refractivity contribution in [2.24, 2.45) is 0 Å². The molecule has 40 heavy (non-hydrogen) atoms. The number of carbonyl (C=O) groups is 2. The minimum absolute atomic E-state index is 0.00949. The number of nitrogens with zero attached hydrogens (tertiary/aromatic N) is 7. The van der Waals surface area contributed by atoms with Crippen LogP contribution in [0.25, 0.3) is 16.9 Å². The largest absolute Gasteiger partial charge is 0.416 e. The Balaban J connectivity index is 1.43. The molecule has 9 nitrogen and oxygen atoms in total. The summed E-state index contributed by atoms with van der Waals surface area (Å²) in [5.74, 6) is -0.482. The maximum Gasteiger partial charge on any atom is 0.416 e. The lowest BCUT2D eigenvalue weighted by atomic mass is 9.98. The number of benzene rings is 1. The summed E-state index contributed by atoms with van der Waals surface area (Å²) in [7, 11) is 0. The molecule has 5 rings (SSSR count). The van der Waals surface area contributed by atoms with E-state index in [9.17, 15) is 22.8 Å². The number of amides is 2. The molecular weight excluding hydrogens is 523 g/mol. The van der Waals surface area contributed by atoms with E-state index >= 15 is 0 Å². The van der Waals surface area contributed by atoms with Crippen molar-refractivity contribution in [1.82, 2.24) is 34.4 Å². The third-order valence-electron chi connectivity index (χ3n) is 6.99. The van der Waals surface area contributed by atoms with Crippen LogP contribution in [0.2, 0.25) is 0 Å². The number of halogens is 3. The molecule has 4 heterocycles. The second-order valence-electron chi connectivity index (χ2n) is 10.7. The Hall–Kier alpha value is -4.35. The lowest BCUT2D eigenvalue weighted by Crippen LogP contribution is -2.62. The summed E-state index contributed by atoms with van der Waals surface area (Å²) in [5.41, 5.74) is 1.05. The van der Waals surface area contributed by atoms with Gasteiger partial charge in [0.15, 0.2) is 5.65 Å². The molecule has 0 N–H and O–H groups in total. The first-order valence-corrected chi connectivity index (χ1v) is 12.8. The van der Waals surface area contributed by atoms with Crippen LogP contribution >= 0.6 is 0 Å². The summed E-state index contributed by atoms with van der Waals surface area (Å²) >= 11 is 0. The fraction of sp³-hybridized carbons (Fsp3) is 0.357. The van der Waals surface area contributed by atoms with E-state index in [1.54, 1.807) is 28.1 Å². The first-order valence-electron chi connectivity index (χ1n) is 12.8. The SMILES string of the molecule is CC(C)c1cc(-c2ccc(C(F)(F)F)cc2)nn2cc(C(=O)N3CCN(C(=O)c4ncccn4)CC3(C)C)nc12. The van der Waals surface area contributed by atoms with Gasteiger partial charge in [0, 0.05) is 43.2 Å². The zero-order valence-corrected chi connectivity index (χ0v) is 22.5. The third-order valence-corrected chi connectivity index (χ3v) is 6.99. The van der Waals surface area contributed by atoms with E-state index in [1.165, 1.54) is 29.0 Å². The topological polar surface area (TPSA) is 96.6 Å². The molecule has 1 aliphatic heterocycles. The second-order valence-corrected chi connectivity index (χ2v) is 10.7. The quantitative estimate of drug-likeness (QED) is 0.365. The van der Waals surface area contributed by atoms with Gasteiger partial charge in [-0.25, -0.2) is 19.5 Å². The van der Waals surface area contributed by atoms with Crippen LogP contribution in [-0.2, 0) is 6.18 Å². The van der Waals surface area contributed by atoms with Crippen LogP contribution in [0.5, 0.6) is 0 Å². The molecule has 1 aliphatic rings. The Kier molecular flexibility index (Phi) is 6.80. The summed E-state index contributed by atoms with van der Waals surface area (Å²) in [6, 6.07) is 8.24. The van der Waals surface area contributed by atoms with Crippen molar-refractivity contribution in [3.05, 3.63) is 77.6 Å². The Bertz CT molecular complexity index is 1560. The predicted molar refractivity (Wildman–Crippen MR) is 141 cm³/mol. The first-order chi connectivity index (χ1) is 18.8. The van der Waals surface area contributed by atoms with Crippen molar-refractivity contribution < 1.29 is 22.8 Å². The average Bonchev–Trinajstić information content (AvgIpc) is 3.35. The fourth-order valence-electron chi connectivity index (χ4n) is 4.89. The Labute approximate surface area is 228 Å². The van der Waals surface area contributed by atoms with Crippen LogP contribution in [0.1, 0.15) is 65.8 Å². The summed E-state index contributed by atoms with van der Waals surface area (Å²) in [5, 5.41) is 4.57. The monoisotopic (exact) mass is 551 g/mol. The maximum absolute atomic E-state index is 13.7. The zero-order valence-electron chi connectivity index (χ0n) is 22.5. The average molecular weight is 552 g/mol. The number of imidazole rings is 1. The standard InChI is InChI=1S/C28H28F3N7O2/c1-17(2)20-14-21(18-6-8-19(9-7-18)28(29,30)31)35-38-15-22(34-24(20)38)25(39)37-13-12-36(16-27(37,3)4)26(40)23-32-10-5-11-33-23/h5-11,14-15,17H,12-13,16H2,1-4H3. The molecular formula is C28H28F3N7O2. The van der Waals surface area contributed by atoms with Crippen molar-refractivity contribution in [1.29, 1.82) is 0 Å². The van der Waals surface area contributed by atoms with Crippen molar-refractivity contribution in [3.63, 3.8) is 0 Å². The summed E-state index contributed by atoms with van der Waals surface area (Å²) in [6.07, 6.45) is 0.136. The van der Waals surface area contributed by atoms with Crippen molar-refractivity contribution >= 4 is 17.5 Å². The van der Waals surface area contributed by atoms with Crippen molar-refractivity contribution in [3.8, 4) is 11.3 Å². The van der Waals surface area contributed by atoms with Gasteiger partial charge in [0.1, 0.15) is 5.69 Å². The molecule has 0 bridgehead atoms. The number of fused-ring (bicyclic) bond motifs is 1. The van der Waals surface area contributed by atoms with Gasteiger partial charge in [0.2, 0.25) is 5.82 Å². The van der Waals surface area contributed by atoms with E-state index in [2.05, 4.69) is 20.1 Å². The van der Waals surface area contributed by atoms with Gasteiger partial charge in [-0.05, 0) is 44.0 Å². The first kappa shape index (κ1) is 27.2. The summed E-state index contributed by atoms with van der Waals surface area (Å²) in [6.45, 7) is 8.60. The molecule has 1 fully saturated rings. The van der Waals surface area contributed by atoms with Crippen LogP contribution in [0, 0.1) is 0 Å². The minimum atomic E-state index is -4.43. The Morgan fingerprint density at radius 1 is 1.00 bits per heavy atom. The molecule has 0 aliphatic carbocycles. The number of piperazine rings is 1. The van der Waals surface area contributed by atoms with Gasteiger partial charge in [-0.1, -0.05) is 26.0 Å². The van der Waals surface area contributed by atoms with E-state index in [4.69, 9.17) is 0 Å². The van der Waals surface area contributed by atoms with E-state index in [0.717, 1.165) is 17.7 Å². The van der Waals surface area contributed by atoms with Crippen molar-refractivity contribution in [2.45, 2.75) is 45.3 Å². The molecule has 12 heteroatoms. The third kappa shape index (κ3) is 5.13. The number of hydrogen-bond acceptors (Lipinski definition) is 6.